The van der Waals surface area contributed by atoms with Crippen molar-refractivity contribution < 1.29 is 27.8 Å². The van der Waals surface area contributed by atoms with E-state index in [4.69, 9.17) is 4.74 Å². The van der Waals surface area contributed by atoms with E-state index in [2.05, 4.69) is 0 Å². The fraction of sp³-hybridized carbons (Fsp3) is 0.125. The van der Waals surface area contributed by atoms with Gasteiger partial charge in [-0.05, 0) is 41.5 Å². The van der Waals surface area contributed by atoms with E-state index in [0.29, 0.717) is 12.1 Å². The van der Waals surface area contributed by atoms with E-state index >= 15 is 0 Å². The molecule has 0 saturated heterocycles. The topological polar surface area (TPSA) is 51.5 Å². The summed E-state index contributed by atoms with van der Waals surface area (Å²) in [6.45, 7) is 0.415. The third-order valence-corrected chi connectivity index (χ3v) is 4.88. The van der Waals surface area contributed by atoms with Gasteiger partial charge in [-0.2, -0.15) is 13.2 Å². The molecular formula is C24H18F3NO3. The second-order valence-electron chi connectivity index (χ2n) is 7.11. The van der Waals surface area contributed by atoms with Crippen LogP contribution in [0.25, 0.3) is 10.9 Å². The highest BCUT2D eigenvalue weighted by molar-refractivity contribution is 5.87. The second-order valence-corrected chi connectivity index (χ2v) is 7.11. The lowest BCUT2D eigenvalue weighted by molar-refractivity contribution is -0.138. The van der Waals surface area contributed by atoms with Crippen molar-refractivity contribution in [3.05, 3.63) is 95.7 Å². The van der Waals surface area contributed by atoms with Gasteiger partial charge >= 0.3 is 12.1 Å². The minimum absolute atomic E-state index is 0.0924. The van der Waals surface area contributed by atoms with Gasteiger partial charge in [-0.25, -0.2) is 0 Å². The fourth-order valence-electron chi connectivity index (χ4n) is 3.58. The molecule has 7 heteroatoms. The Hall–Kier alpha value is -3.74. The summed E-state index contributed by atoms with van der Waals surface area (Å²) in [5.74, 6) is -0.889. The van der Waals surface area contributed by atoms with Crippen molar-refractivity contribution in [2.45, 2.75) is 19.1 Å². The fourth-order valence-corrected chi connectivity index (χ4v) is 3.58. The van der Waals surface area contributed by atoms with E-state index < -0.39 is 17.7 Å². The lowest BCUT2D eigenvalue weighted by atomic mass is 10.1. The average molecular weight is 425 g/mol. The molecule has 4 rings (SSSR count). The first-order valence-electron chi connectivity index (χ1n) is 9.53. The molecule has 1 heterocycles. The van der Waals surface area contributed by atoms with Gasteiger partial charge in [0, 0.05) is 23.6 Å². The Morgan fingerprint density at radius 1 is 0.968 bits per heavy atom. The first-order chi connectivity index (χ1) is 14.8. The molecular weight excluding hydrogens is 407 g/mol. The number of ether oxygens (including phenoxy) is 1. The van der Waals surface area contributed by atoms with Crippen LogP contribution in [0, 0.1) is 0 Å². The van der Waals surface area contributed by atoms with E-state index in [-0.39, 0.29) is 17.9 Å². The molecule has 1 N–H and O–H groups in total. The average Bonchev–Trinajstić information content (AvgIpc) is 3.05. The van der Waals surface area contributed by atoms with E-state index in [1.165, 1.54) is 18.2 Å². The minimum atomic E-state index is -4.52. The molecule has 0 fully saturated rings. The van der Waals surface area contributed by atoms with Crippen molar-refractivity contribution in [3.63, 3.8) is 0 Å². The molecule has 0 aliphatic carbocycles. The molecule has 4 nitrogen and oxygen atoms in total. The number of carbonyl (C=O) groups is 1. The second kappa shape index (κ2) is 8.18. The lowest BCUT2D eigenvalue weighted by Gasteiger charge is -2.14. The van der Waals surface area contributed by atoms with Crippen LogP contribution in [-0.4, -0.2) is 15.6 Å². The summed E-state index contributed by atoms with van der Waals surface area (Å²) in [4.78, 5) is 11.2. The number of para-hydroxylation sites is 2. The molecule has 0 amide bonds. The quantitative estimate of drug-likeness (QED) is 0.404. The third kappa shape index (κ3) is 4.55. The van der Waals surface area contributed by atoms with Crippen LogP contribution in [0.2, 0.25) is 0 Å². The molecule has 0 atom stereocenters. The van der Waals surface area contributed by atoms with Gasteiger partial charge in [0.25, 0.3) is 0 Å². The number of alkyl halides is 3. The number of hydrogen-bond acceptors (Lipinski definition) is 2. The summed E-state index contributed by atoms with van der Waals surface area (Å²) in [6, 6.07) is 19.4. The van der Waals surface area contributed by atoms with Crippen LogP contribution in [-0.2, 0) is 23.9 Å². The number of rotatable bonds is 6. The zero-order chi connectivity index (χ0) is 22.0. The van der Waals surface area contributed by atoms with Gasteiger partial charge in [-0.3, -0.25) is 4.79 Å². The zero-order valence-corrected chi connectivity index (χ0v) is 16.3. The van der Waals surface area contributed by atoms with Crippen molar-refractivity contribution in [2.75, 3.05) is 0 Å². The number of fused-ring (bicyclic) bond motifs is 1. The summed E-state index contributed by atoms with van der Waals surface area (Å²) in [7, 11) is 0. The predicted molar refractivity (Wildman–Crippen MR) is 110 cm³/mol. The summed E-state index contributed by atoms with van der Waals surface area (Å²) >= 11 is 0. The van der Waals surface area contributed by atoms with Gasteiger partial charge in [0.15, 0.2) is 0 Å². The van der Waals surface area contributed by atoms with Crippen molar-refractivity contribution in [2.24, 2.45) is 0 Å². The predicted octanol–water partition coefficient (Wildman–Crippen LogP) is 6.13. The van der Waals surface area contributed by atoms with Gasteiger partial charge in [-0.15, -0.1) is 0 Å². The molecule has 0 radical (unpaired) electrons. The standard InChI is InChI=1S/C24H18F3NO3/c25-24(26,27)20-9-2-4-11-22(20)31-18-7-5-6-16(12-18)14-28-15-17(13-23(29)30)19-8-1-3-10-21(19)28/h1-12,15H,13-14H2,(H,29,30). The number of halogens is 3. The molecule has 3 aromatic carbocycles. The summed E-state index contributed by atoms with van der Waals surface area (Å²) in [6.07, 6.45) is -2.81. The molecule has 158 valence electrons. The van der Waals surface area contributed by atoms with Crippen LogP contribution in [0.5, 0.6) is 11.5 Å². The molecule has 0 unspecified atom stereocenters. The van der Waals surface area contributed by atoms with Crippen LogP contribution in [0.1, 0.15) is 16.7 Å². The molecule has 0 spiro atoms. The zero-order valence-electron chi connectivity index (χ0n) is 16.3. The summed E-state index contributed by atoms with van der Waals surface area (Å²) < 4.78 is 47.2. The maximum atomic E-state index is 13.2. The largest absolute Gasteiger partial charge is 0.481 e. The number of aromatic nitrogens is 1. The molecule has 0 aliphatic rings. The first kappa shape index (κ1) is 20.5. The first-order valence-corrected chi connectivity index (χ1v) is 9.53. The van der Waals surface area contributed by atoms with Gasteiger partial charge in [0.05, 0.1) is 12.0 Å². The van der Waals surface area contributed by atoms with Crippen molar-refractivity contribution in [1.82, 2.24) is 4.57 Å². The van der Waals surface area contributed by atoms with E-state index in [1.54, 1.807) is 24.4 Å². The van der Waals surface area contributed by atoms with Crippen molar-refractivity contribution in [1.29, 1.82) is 0 Å². The maximum Gasteiger partial charge on any atom is 0.419 e. The number of carboxylic acid groups (broad SMARTS) is 1. The Morgan fingerprint density at radius 2 is 1.71 bits per heavy atom. The molecule has 4 aromatic rings. The van der Waals surface area contributed by atoms with E-state index in [1.807, 2.05) is 34.9 Å². The van der Waals surface area contributed by atoms with Gasteiger partial charge in [0.2, 0.25) is 0 Å². The molecule has 0 saturated carbocycles. The third-order valence-electron chi connectivity index (χ3n) is 4.88. The lowest BCUT2D eigenvalue weighted by Crippen LogP contribution is -2.06. The monoisotopic (exact) mass is 425 g/mol. The highest BCUT2D eigenvalue weighted by Crippen LogP contribution is 2.38. The number of carboxylic acids is 1. The summed E-state index contributed by atoms with van der Waals surface area (Å²) in [5, 5.41) is 10.0. The van der Waals surface area contributed by atoms with Gasteiger partial charge in [-0.1, -0.05) is 42.5 Å². The van der Waals surface area contributed by atoms with Crippen LogP contribution < -0.4 is 4.74 Å². The Balaban J connectivity index is 1.63. The highest BCUT2D eigenvalue weighted by atomic mass is 19.4. The number of hydrogen-bond donors (Lipinski definition) is 1. The summed E-state index contributed by atoms with van der Waals surface area (Å²) in [5.41, 5.74) is 1.56. The minimum Gasteiger partial charge on any atom is -0.481 e. The van der Waals surface area contributed by atoms with Crippen molar-refractivity contribution >= 4 is 16.9 Å². The van der Waals surface area contributed by atoms with E-state index in [0.717, 1.165) is 22.5 Å². The Bertz CT molecular complexity index is 1240. The molecule has 0 bridgehead atoms. The number of nitrogens with zero attached hydrogens (tertiary/aromatic N) is 1. The SMILES string of the molecule is O=C(O)Cc1cn(Cc2cccc(Oc3ccccc3C(F)(F)F)c2)c2ccccc12. The van der Waals surface area contributed by atoms with Crippen LogP contribution in [0.4, 0.5) is 13.2 Å². The molecule has 0 aliphatic heterocycles. The maximum absolute atomic E-state index is 13.2. The van der Waals surface area contributed by atoms with Crippen LogP contribution in [0.3, 0.4) is 0 Å². The van der Waals surface area contributed by atoms with Crippen molar-refractivity contribution in [3.8, 4) is 11.5 Å². The Morgan fingerprint density at radius 3 is 2.48 bits per heavy atom. The Kier molecular flexibility index (Phi) is 5.42. The number of aliphatic carboxylic acids is 1. The smallest absolute Gasteiger partial charge is 0.419 e. The van der Waals surface area contributed by atoms with E-state index in [9.17, 15) is 23.1 Å². The van der Waals surface area contributed by atoms with Gasteiger partial charge in [0.1, 0.15) is 11.5 Å². The number of benzene rings is 3. The van der Waals surface area contributed by atoms with Crippen LogP contribution in [0.15, 0.2) is 79.0 Å². The van der Waals surface area contributed by atoms with Crippen LogP contribution >= 0.6 is 0 Å². The van der Waals surface area contributed by atoms with Gasteiger partial charge < -0.3 is 14.4 Å². The molecule has 31 heavy (non-hydrogen) atoms. The normalized spacial score (nSPS) is 11.6. The Labute approximate surface area is 176 Å². The molecule has 1 aromatic heterocycles. The highest BCUT2D eigenvalue weighted by Gasteiger charge is 2.34.